The Morgan fingerprint density at radius 3 is 2.39 bits per heavy atom. The summed E-state index contributed by atoms with van der Waals surface area (Å²) in [5.74, 6) is 1.90. The standard InChI is InChI=1S/C16H24N6S/c1-12-6-7-13(19-18-12)21-8-5-9-22(11-10-21)15-17-14(20-23-15)16(2,3)4/h6-7H,5,8-11H2,1-4H3. The monoisotopic (exact) mass is 332 g/mol. The molecule has 0 aliphatic carbocycles. The maximum Gasteiger partial charge on any atom is 0.205 e. The summed E-state index contributed by atoms with van der Waals surface area (Å²) in [6.45, 7) is 12.3. The van der Waals surface area contributed by atoms with E-state index in [1.807, 2.05) is 13.0 Å². The Labute approximate surface area is 141 Å². The topological polar surface area (TPSA) is 58.0 Å². The van der Waals surface area contributed by atoms with Crippen molar-refractivity contribution in [1.29, 1.82) is 0 Å². The fraction of sp³-hybridized carbons (Fsp3) is 0.625. The first-order chi connectivity index (χ1) is 10.9. The maximum atomic E-state index is 4.74. The highest BCUT2D eigenvalue weighted by Gasteiger charge is 2.23. The van der Waals surface area contributed by atoms with Gasteiger partial charge in [-0.2, -0.15) is 9.47 Å². The van der Waals surface area contributed by atoms with Gasteiger partial charge in [-0.05, 0) is 25.5 Å². The largest absolute Gasteiger partial charge is 0.353 e. The summed E-state index contributed by atoms with van der Waals surface area (Å²) >= 11 is 1.51. The molecule has 2 aromatic heterocycles. The van der Waals surface area contributed by atoms with Crippen LogP contribution in [0.2, 0.25) is 0 Å². The average Bonchev–Trinajstić information content (AvgIpc) is 2.88. The van der Waals surface area contributed by atoms with Crippen LogP contribution in [0, 0.1) is 6.92 Å². The molecule has 6 nitrogen and oxygen atoms in total. The lowest BCUT2D eigenvalue weighted by molar-refractivity contribution is 0.554. The molecular weight excluding hydrogens is 308 g/mol. The minimum Gasteiger partial charge on any atom is -0.353 e. The van der Waals surface area contributed by atoms with Crippen molar-refractivity contribution in [2.75, 3.05) is 36.0 Å². The Kier molecular flexibility index (Phi) is 4.48. The number of aryl methyl sites for hydroxylation is 1. The van der Waals surface area contributed by atoms with E-state index < -0.39 is 0 Å². The van der Waals surface area contributed by atoms with E-state index in [1.54, 1.807) is 0 Å². The van der Waals surface area contributed by atoms with Crippen LogP contribution in [0.15, 0.2) is 12.1 Å². The van der Waals surface area contributed by atoms with E-state index in [-0.39, 0.29) is 5.41 Å². The zero-order chi connectivity index (χ0) is 16.4. The van der Waals surface area contributed by atoms with Gasteiger partial charge < -0.3 is 9.80 Å². The molecule has 0 spiro atoms. The molecule has 23 heavy (non-hydrogen) atoms. The van der Waals surface area contributed by atoms with Crippen molar-refractivity contribution in [2.45, 2.75) is 39.5 Å². The summed E-state index contributed by atoms with van der Waals surface area (Å²) in [5.41, 5.74) is 0.957. The van der Waals surface area contributed by atoms with Crippen LogP contribution in [0.1, 0.15) is 38.7 Å². The van der Waals surface area contributed by atoms with Crippen molar-refractivity contribution < 1.29 is 0 Å². The lowest BCUT2D eigenvalue weighted by Gasteiger charge is -2.22. The van der Waals surface area contributed by atoms with Crippen LogP contribution in [-0.4, -0.2) is 45.7 Å². The molecule has 1 aliphatic rings. The summed E-state index contributed by atoms with van der Waals surface area (Å²) in [6.07, 6.45) is 1.08. The quantitative estimate of drug-likeness (QED) is 0.843. The highest BCUT2D eigenvalue weighted by Crippen LogP contribution is 2.26. The van der Waals surface area contributed by atoms with Crippen LogP contribution in [0.25, 0.3) is 0 Å². The first-order valence-corrected chi connectivity index (χ1v) is 8.85. The third-order valence-corrected chi connectivity index (χ3v) is 4.74. The molecule has 0 saturated carbocycles. The molecule has 0 amide bonds. The van der Waals surface area contributed by atoms with Crippen molar-refractivity contribution in [2.24, 2.45) is 0 Å². The predicted octanol–water partition coefficient (Wildman–Crippen LogP) is 2.65. The van der Waals surface area contributed by atoms with Gasteiger partial charge >= 0.3 is 0 Å². The van der Waals surface area contributed by atoms with Crippen molar-refractivity contribution in [3.05, 3.63) is 23.7 Å². The normalized spacial score (nSPS) is 16.5. The van der Waals surface area contributed by atoms with E-state index in [2.05, 4.69) is 51.2 Å². The molecule has 0 atom stereocenters. The van der Waals surface area contributed by atoms with Gasteiger partial charge in [0.25, 0.3) is 0 Å². The highest BCUT2D eigenvalue weighted by molar-refractivity contribution is 7.09. The summed E-state index contributed by atoms with van der Waals surface area (Å²) < 4.78 is 4.53. The third kappa shape index (κ3) is 3.77. The number of hydrogen-bond donors (Lipinski definition) is 0. The van der Waals surface area contributed by atoms with Crippen LogP contribution in [0.5, 0.6) is 0 Å². The molecule has 3 rings (SSSR count). The van der Waals surface area contributed by atoms with Gasteiger partial charge in [0.1, 0.15) is 5.82 Å². The fourth-order valence-corrected chi connectivity index (χ4v) is 3.46. The zero-order valence-electron chi connectivity index (χ0n) is 14.3. The average molecular weight is 332 g/mol. The molecule has 1 fully saturated rings. The smallest absolute Gasteiger partial charge is 0.205 e. The predicted molar refractivity (Wildman–Crippen MR) is 94.4 cm³/mol. The van der Waals surface area contributed by atoms with E-state index >= 15 is 0 Å². The van der Waals surface area contributed by atoms with Crippen molar-refractivity contribution in [3.8, 4) is 0 Å². The van der Waals surface area contributed by atoms with Gasteiger partial charge in [-0.3, -0.25) is 0 Å². The minimum atomic E-state index is 0.00409. The molecule has 0 bridgehead atoms. The van der Waals surface area contributed by atoms with Gasteiger partial charge in [-0.25, -0.2) is 4.98 Å². The zero-order valence-corrected chi connectivity index (χ0v) is 15.1. The number of aromatic nitrogens is 4. The van der Waals surface area contributed by atoms with Gasteiger partial charge in [0.2, 0.25) is 5.13 Å². The van der Waals surface area contributed by atoms with E-state index in [0.29, 0.717) is 0 Å². The summed E-state index contributed by atoms with van der Waals surface area (Å²) in [7, 11) is 0. The Hall–Kier alpha value is -1.76. The molecular formula is C16H24N6S. The third-order valence-electron chi connectivity index (χ3n) is 3.96. The van der Waals surface area contributed by atoms with Gasteiger partial charge in [-0.15, -0.1) is 5.10 Å². The molecule has 0 radical (unpaired) electrons. The van der Waals surface area contributed by atoms with Crippen molar-refractivity contribution in [1.82, 2.24) is 19.6 Å². The lowest BCUT2D eigenvalue weighted by atomic mass is 9.96. The fourth-order valence-electron chi connectivity index (χ4n) is 2.55. The molecule has 0 unspecified atom stereocenters. The second-order valence-corrected chi connectivity index (χ2v) is 7.74. The van der Waals surface area contributed by atoms with E-state index in [1.165, 1.54) is 11.5 Å². The van der Waals surface area contributed by atoms with Crippen LogP contribution in [0.3, 0.4) is 0 Å². The van der Waals surface area contributed by atoms with Gasteiger partial charge in [0.15, 0.2) is 5.82 Å². The molecule has 3 heterocycles. The highest BCUT2D eigenvalue weighted by atomic mass is 32.1. The molecule has 2 aromatic rings. The van der Waals surface area contributed by atoms with Gasteiger partial charge in [0, 0.05) is 43.1 Å². The minimum absolute atomic E-state index is 0.00409. The van der Waals surface area contributed by atoms with Crippen LogP contribution in [0.4, 0.5) is 10.9 Å². The van der Waals surface area contributed by atoms with E-state index in [4.69, 9.17) is 4.98 Å². The number of hydrogen-bond acceptors (Lipinski definition) is 7. The van der Waals surface area contributed by atoms with Crippen LogP contribution < -0.4 is 9.80 Å². The molecule has 124 valence electrons. The van der Waals surface area contributed by atoms with Gasteiger partial charge in [-0.1, -0.05) is 20.8 Å². The second-order valence-electron chi connectivity index (χ2n) is 7.01. The number of anilines is 2. The molecule has 1 aliphatic heterocycles. The number of rotatable bonds is 2. The number of nitrogens with zero attached hydrogens (tertiary/aromatic N) is 6. The molecule has 0 aromatic carbocycles. The Morgan fingerprint density at radius 2 is 1.74 bits per heavy atom. The molecule has 1 saturated heterocycles. The van der Waals surface area contributed by atoms with Crippen molar-refractivity contribution in [3.63, 3.8) is 0 Å². The summed E-state index contributed by atoms with van der Waals surface area (Å²) in [6, 6.07) is 4.08. The Bertz CT molecular complexity index is 645. The lowest BCUT2D eigenvalue weighted by Crippen LogP contribution is -2.31. The second kappa shape index (κ2) is 6.39. The van der Waals surface area contributed by atoms with Crippen molar-refractivity contribution >= 4 is 22.5 Å². The maximum absolute atomic E-state index is 4.74. The first kappa shape index (κ1) is 16.1. The van der Waals surface area contributed by atoms with Gasteiger partial charge in [0.05, 0.1) is 5.69 Å². The van der Waals surface area contributed by atoms with Crippen LogP contribution >= 0.6 is 11.5 Å². The van der Waals surface area contributed by atoms with E-state index in [9.17, 15) is 0 Å². The summed E-state index contributed by atoms with van der Waals surface area (Å²) in [4.78, 5) is 9.39. The molecule has 7 heteroatoms. The van der Waals surface area contributed by atoms with Crippen LogP contribution in [-0.2, 0) is 5.41 Å². The molecule has 0 N–H and O–H groups in total. The SMILES string of the molecule is Cc1ccc(N2CCCN(c3nc(C(C)(C)C)ns3)CC2)nn1. The Morgan fingerprint density at radius 1 is 1.00 bits per heavy atom. The summed E-state index contributed by atoms with van der Waals surface area (Å²) in [5, 5.41) is 9.51. The van der Waals surface area contributed by atoms with E-state index in [0.717, 1.165) is 55.1 Å². The first-order valence-electron chi connectivity index (χ1n) is 8.08. The Balaban J connectivity index is 1.69.